The van der Waals surface area contributed by atoms with E-state index >= 15 is 0 Å². The number of morpholine rings is 1. The molecule has 2 aromatic heterocycles. The second-order valence-electron chi connectivity index (χ2n) is 10.3. The Labute approximate surface area is 227 Å². The third-order valence-corrected chi connectivity index (χ3v) is 6.94. The molecule has 1 aromatic carbocycles. The number of aromatic nitrogens is 4. The fourth-order valence-electron chi connectivity index (χ4n) is 4.89. The van der Waals surface area contributed by atoms with Gasteiger partial charge in [0, 0.05) is 37.3 Å². The molecule has 2 saturated heterocycles. The lowest BCUT2D eigenvalue weighted by atomic mass is 10.1. The molecule has 4 N–H and O–H groups in total. The van der Waals surface area contributed by atoms with Crippen LogP contribution in [0, 0.1) is 0 Å². The molecule has 1 saturated carbocycles. The molecule has 2 amide bonds. The van der Waals surface area contributed by atoms with E-state index < -0.39 is 5.97 Å². The number of carbonyl (C=O) groups excluding carboxylic acids is 1. The molecule has 3 fully saturated rings. The zero-order valence-corrected chi connectivity index (χ0v) is 22.4. The highest BCUT2D eigenvalue weighted by atomic mass is 16.5. The SMILES string of the molecule is CC(=O)O.CC1CN(c2nc(-c3ccc(NC(=O)NC4CC4)cc3)nc3c2cnn3C2CCNCC2)CCO1. The van der Waals surface area contributed by atoms with E-state index in [-0.39, 0.29) is 12.1 Å². The molecule has 3 aromatic rings. The van der Waals surface area contributed by atoms with Crippen LogP contribution in [-0.4, -0.2) is 81.8 Å². The smallest absolute Gasteiger partial charge is 0.319 e. The zero-order valence-electron chi connectivity index (χ0n) is 22.4. The Morgan fingerprint density at radius 3 is 2.49 bits per heavy atom. The molecule has 3 aliphatic rings. The van der Waals surface area contributed by atoms with Crippen molar-refractivity contribution in [1.82, 2.24) is 30.4 Å². The Bertz CT molecular complexity index is 1300. The van der Waals surface area contributed by atoms with Gasteiger partial charge in [-0.3, -0.25) is 4.79 Å². The summed E-state index contributed by atoms with van der Waals surface area (Å²) in [5.74, 6) is 0.739. The highest BCUT2D eigenvalue weighted by Crippen LogP contribution is 2.32. The molecule has 1 unspecified atom stereocenters. The summed E-state index contributed by atoms with van der Waals surface area (Å²) in [5.41, 5.74) is 2.53. The van der Waals surface area contributed by atoms with E-state index in [0.29, 0.717) is 24.5 Å². The molecule has 12 nitrogen and oxygen atoms in total. The molecule has 1 atom stereocenters. The first-order chi connectivity index (χ1) is 18.9. The number of nitrogens with zero attached hydrogens (tertiary/aromatic N) is 5. The van der Waals surface area contributed by atoms with Crippen LogP contribution in [-0.2, 0) is 9.53 Å². The van der Waals surface area contributed by atoms with Crippen molar-refractivity contribution in [2.24, 2.45) is 0 Å². The number of aliphatic carboxylic acids is 1. The molecule has 2 aliphatic heterocycles. The number of hydrogen-bond donors (Lipinski definition) is 4. The number of anilines is 2. The fraction of sp³-hybridized carbons (Fsp3) is 0.519. The highest BCUT2D eigenvalue weighted by molar-refractivity contribution is 5.91. The van der Waals surface area contributed by atoms with Crippen molar-refractivity contribution in [3.05, 3.63) is 30.5 Å². The zero-order chi connectivity index (χ0) is 27.4. The molecule has 6 rings (SSSR count). The van der Waals surface area contributed by atoms with Gasteiger partial charge in [-0.25, -0.2) is 19.4 Å². The van der Waals surface area contributed by atoms with E-state index in [2.05, 4.69) is 32.5 Å². The fourth-order valence-corrected chi connectivity index (χ4v) is 4.89. The van der Waals surface area contributed by atoms with Crippen molar-refractivity contribution in [2.45, 2.75) is 57.7 Å². The summed E-state index contributed by atoms with van der Waals surface area (Å²) in [5, 5.41) is 22.5. The number of carboxylic acids is 1. The van der Waals surface area contributed by atoms with E-state index in [1.54, 1.807) is 0 Å². The number of benzene rings is 1. The van der Waals surface area contributed by atoms with Crippen LogP contribution in [0.25, 0.3) is 22.4 Å². The number of carboxylic acid groups (broad SMARTS) is 1. The summed E-state index contributed by atoms with van der Waals surface area (Å²) in [7, 11) is 0. The minimum Gasteiger partial charge on any atom is -0.481 e. The number of ether oxygens (including phenoxy) is 1. The van der Waals surface area contributed by atoms with Crippen LogP contribution < -0.4 is 20.9 Å². The van der Waals surface area contributed by atoms with Gasteiger partial charge in [0.05, 0.1) is 30.3 Å². The molecule has 0 spiro atoms. The van der Waals surface area contributed by atoms with Crippen LogP contribution in [0.4, 0.5) is 16.3 Å². The lowest BCUT2D eigenvalue weighted by molar-refractivity contribution is -0.134. The number of piperidine rings is 1. The Kier molecular flexibility index (Phi) is 8.22. The van der Waals surface area contributed by atoms with Gasteiger partial charge in [-0.05, 0) is 70.0 Å². The van der Waals surface area contributed by atoms with Crippen molar-refractivity contribution in [3.8, 4) is 11.4 Å². The summed E-state index contributed by atoms with van der Waals surface area (Å²) >= 11 is 0. The number of hydrogen-bond acceptors (Lipinski definition) is 8. The predicted molar refractivity (Wildman–Crippen MR) is 148 cm³/mol. The lowest BCUT2D eigenvalue weighted by Gasteiger charge is -2.32. The van der Waals surface area contributed by atoms with Crippen LogP contribution in [0.2, 0.25) is 0 Å². The normalized spacial score (nSPS) is 19.7. The first-order valence-electron chi connectivity index (χ1n) is 13.6. The largest absolute Gasteiger partial charge is 0.481 e. The van der Waals surface area contributed by atoms with Crippen molar-refractivity contribution in [2.75, 3.05) is 43.0 Å². The van der Waals surface area contributed by atoms with Gasteiger partial charge in [0.25, 0.3) is 5.97 Å². The quantitative estimate of drug-likeness (QED) is 0.386. The van der Waals surface area contributed by atoms with Gasteiger partial charge in [0.15, 0.2) is 11.5 Å². The van der Waals surface area contributed by atoms with Crippen LogP contribution >= 0.6 is 0 Å². The van der Waals surface area contributed by atoms with E-state index in [1.807, 2.05) is 30.5 Å². The average molecular weight is 537 g/mol. The summed E-state index contributed by atoms with van der Waals surface area (Å²) in [6.45, 7) is 7.39. The summed E-state index contributed by atoms with van der Waals surface area (Å²) < 4.78 is 7.87. The first-order valence-corrected chi connectivity index (χ1v) is 13.6. The van der Waals surface area contributed by atoms with Gasteiger partial charge < -0.3 is 30.7 Å². The molecule has 0 radical (unpaired) electrons. The minimum absolute atomic E-state index is 0.142. The van der Waals surface area contributed by atoms with Crippen LogP contribution in [0.15, 0.2) is 30.5 Å². The second-order valence-corrected chi connectivity index (χ2v) is 10.3. The van der Waals surface area contributed by atoms with E-state index in [4.69, 9.17) is 29.7 Å². The highest BCUT2D eigenvalue weighted by Gasteiger charge is 2.26. The number of urea groups is 1. The molecular formula is C27H36N8O4. The molecule has 1 aliphatic carbocycles. The molecule has 208 valence electrons. The maximum Gasteiger partial charge on any atom is 0.319 e. The topological polar surface area (TPSA) is 147 Å². The molecule has 39 heavy (non-hydrogen) atoms. The van der Waals surface area contributed by atoms with Crippen LogP contribution in [0.5, 0.6) is 0 Å². The molecular weight excluding hydrogens is 500 g/mol. The van der Waals surface area contributed by atoms with E-state index in [9.17, 15) is 4.79 Å². The van der Waals surface area contributed by atoms with E-state index in [1.165, 1.54) is 0 Å². The third kappa shape index (κ3) is 6.82. The van der Waals surface area contributed by atoms with Gasteiger partial charge in [-0.1, -0.05) is 0 Å². The second kappa shape index (κ2) is 12.0. The number of amides is 2. The van der Waals surface area contributed by atoms with Gasteiger partial charge in [-0.15, -0.1) is 0 Å². The van der Waals surface area contributed by atoms with Gasteiger partial charge in [0.1, 0.15) is 5.82 Å². The van der Waals surface area contributed by atoms with Gasteiger partial charge >= 0.3 is 6.03 Å². The molecule has 0 bridgehead atoms. The number of nitrogens with one attached hydrogen (secondary N) is 3. The van der Waals surface area contributed by atoms with Crippen LogP contribution in [0.1, 0.15) is 45.6 Å². The summed E-state index contributed by atoms with van der Waals surface area (Å²) in [6.07, 6.45) is 6.24. The molecule has 4 heterocycles. The monoisotopic (exact) mass is 536 g/mol. The number of carbonyl (C=O) groups is 2. The Balaban J connectivity index is 0.000000723. The maximum atomic E-state index is 12.1. The van der Waals surface area contributed by atoms with Crippen molar-refractivity contribution in [1.29, 1.82) is 0 Å². The van der Waals surface area contributed by atoms with Crippen LogP contribution in [0.3, 0.4) is 0 Å². The van der Waals surface area contributed by atoms with Gasteiger partial charge in [0.2, 0.25) is 0 Å². The first kappa shape index (κ1) is 26.8. The minimum atomic E-state index is -0.833. The number of fused-ring (bicyclic) bond motifs is 1. The van der Waals surface area contributed by atoms with Gasteiger partial charge in [-0.2, -0.15) is 5.10 Å². The Morgan fingerprint density at radius 2 is 1.82 bits per heavy atom. The molecule has 12 heteroatoms. The van der Waals surface area contributed by atoms with Crippen molar-refractivity contribution in [3.63, 3.8) is 0 Å². The van der Waals surface area contributed by atoms with E-state index in [0.717, 1.165) is 86.9 Å². The Morgan fingerprint density at radius 1 is 1.10 bits per heavy atom. The average Bonchev–Trinajstić information content (AvgIpc) is 3.63. The summed E-state index contributed by atoms with van der Waals surface area (Å²) in [6, 6.07) is 8.21. The Hall–Kier alpha value is -3.77. The third-order valence-electron chi connectivity index (χ3n) is 6.94. The predicted octanol–water partition coefficient (Wildman–Crippen LogP) is 3.02. The maximum absolute atomic E-state index is 12.1. The number of rotatable bonds is 5. The van der Waals surface area contributed by atoms with Crippen molar-refractivity contribution >= 4 is 34.5 Å². The summed E-state index contributed by atoms with van der Waals surface area (Å²) in [4.78, 5) is 33.4. The van der Waals surface area contributed by atoms with Crippen molar-refractivity contribution < 1.29 is 19.4 Å². The lowest BCUT2D eigenvalue weighted by Crippen LogP contribution is -2.41. The standard InChI is InChI=1S/C25H32N8O2.C2H4O2/c1-16-15-32(12-13-35-16)23-21-14-27-33(20-8-10-26-11-9-20)24(21)31-22(30-23)17-2-4-18(5-3-17)28-25(34)29-19-6-7-19;1-2(3)4/h2-5,14,16,19-20,26H,6-13,15H2,1H3,(H2,28,29,34);1H3,(H,3,4).